The zero-order valence-corrected chi connectivity index (χ0v) is 12.5. The Morgan fingerprint density at radius 1 is 1.45 bits per heavy atom. The molecule has 112 valence electrons. The third-order valence-electron chi connectivity index (χ3n) is 3.79. The van der Waals surface area contributed by atoms with Crippen molar-refractivity contribution < 1.29 is 14.2 Å². The van der Waals surface area contributed by atoms with Crippen molar-refractivity contribution in [1.29, 1.82) is 0 Å². The summed E-state index contributed by atoms with van der Waals surface area (Å²) in [7, 11) is 1.94. The minimum absolute atomic E-state index is 0.275. The van der Waals surface area contributed by atoms with Gasteiger partial charge in [-0.3, -0.25) is 0 Å². The summed E-state index contributed by atoms with van der Waals surface area (Å²) in [6.45, 7) is 5.63. The lowest BCUT2D eigenvalue weighted by Crippen LogP contribution is -2.24. The van der Waals surface area contributed by atoms with Crippen LogP contribution in [0.25, 0.3) is 0 Å². The van der Waals surface area contributed by atoms with Crippen LogP contribution in [0.3, 0.4) is 0 Å². The molecule has 1 atom stereocenters. The Morgan fingerprint density at radius 2 is 2.15 bits per heavy atom. The third-order valence-corrected chi connectivity index (χ3v) is 3.79. The fourth-order valence-corrected chi connectivity index (χ4v) is 2.20. The Kier molecular flexibility index (Phi) is 5.00. The van der Waals surface area contributed by atoms with Crippen LogP contribution < -0.4 is 4.90 Å². The molecular formula is C16H24FNO2. The molecule has 20 heavy (non-hydrogen) atoms. The van der Waals surface area contributed by atoms with Gasteiger partial charge in [-0.2, -0.15) is 0 Å². The Morgan fingerprint density at radius 3 is 2.75 bits per heavy atom. The molecule has 2 rings (SSSR count). The largest absolute Gasteiger partial charge is 0.389 e. The van der Waals surface area contributed by atoms with Gasteiger partial charge in [0.2, 0.25) is 0 Å². The van der Waals surface area contributed by atoms with E-state index in [0.29, 0.717) is 17.7 Å². The minimum Gasteiger partial charge on any atom is -0.389 e. The summed E-state index contributed by atoms with van der Waals surface area (Å²) in [5.74, 6) is 0.490. The minimum atomic E-state index is -0.685. The summed E-state index contributed by atoms with van der Waals surface area (Å²) in [6, 6.07) is 3.22. The first-order chi connectivity index (χ1) is 9.49. The number of benzene rings is 1. The molecule has 0 aliphatic heterocycles. The summed E-state index contributed by atoms with van der Waals surface area (Å²) >= 11 is 0. The van der Waals surface area contributed by atoms with Crippen molar-refractivity contribution in [1.82, 2.24) is 0 Å². The molecule has 1 aliphatic rings. The molecule has 0 amide bonds. The number of likely N-dealkylation sites (N-methyl/N-ethyl adjacent to an activating group) is 1. The molecular weight excluding hydrogens is 257 g/mol. The Bertz CT molecular complexity index is 458. The molecule has 0 aromatic heterocycles. The van der Waals surface area contributed by atoms with Crippen LogP contribution >= 0.6 is 0 Å². The molecule has 0 spiro atoms. The number of hydrogen-bond acceptors (Lipinski definition) is 3. The van der Waals surface area contributed by atoms with Gasteiger partial charge in [0.05, 0.1) is 12.7 Å². The van der Waals surface area contributed by atoms with Crippen molar-refractivity contribution >= 4 is 5.69 Å². The van der Waals surface area contributed by atoms with Gasteiger partial charge in [-0.1, -0.05) is 0 Å². The zero-order valence-electron chi connectivity index (χ0n) is 12.5. The van der Waals surface area contributed by atoms with Gasteiger partial charge in [0.25, 0.3) is 0 Å². The van der Waals surface area contributed by atoms with E-state index in [4.69, 9.17) is 4.74 Å². The average Bonchev–Trinajstić information content (AvgIpc) is 3.21. The van der Waals surface area contributed by atoms with Gasteiger partial charge in [0, 0.05) is 31.5 Å². The van der Waals surface area contributed by atoms with E-state index in [9.17, 15) is 9.50 Å². The normalized spacial score (nSPS) is 16.2. The van der Waals surface area contributed by atoms with E-state index < -0.39 is 6.10 Å². The van der Waals surface area contributed by atoms with Crippen molar-refractivity contribution in [3.63, 3.8) is 0 Å². The highest BCUT2D eigenvalue weighted by atomic mass is 19.1. The molecule has 1 aliphatic carbocycles. The van der Waals surface area contributed by atoms with E-state index in [1.54, 1.807) is 19.9 Å². The van der Waals surface area contributed by atoms with Crippen LogP contribution in [-0.4, -0.2) is 31.9 Å². The second-order valence-electron chi connectivity index (χ2n) is 5.78. The van der Waals surface area contributed by atoms with Crippen LogP contribution in [0.2, 0.25) is 0 Å². The maximum Gasteiger partial charge on any atom is 0.126 e. The SMILES string of the molecule is Cc1cc(N(C)CCOCC2CC2)c(C(C)O)cc1F. The first-order valence-electron chi connectivity index (χ1n) is 7.26. The summed E-state index contributed by atoms with van der Waals surface area (Å²) in [4.78, 5) is 2.02. The van der Waals surface area contributed by atoms with E-state index in [0.717, 1.165) is 24.8 Å². The molecule has 3 nitrogen and oxygen atoms in total. The van der Waals surface area contributed by atoms with Crippen molar-refractivity contribution in [2.75, 3.05) is 31.7 Å². The van der Waals surface area contributed by atoms with Gasteiger partial charge < -0.3 is 14.7 Å². The van der Waals surface area contributed by atoms with E-state index in [-0.39, 0.29) is 5.82 Å². The highest BCUT2D eigenvalue weighted by molar-refractivity contribution is 5.56. The first-order valence-corrected chi connectivity index (χ1v) is 7.26. The van der Waals surface area contributed by atoms with Crippen LogP contribution in [-0.2, 0) is 4.74 Å². The van der Waals surface area contributed by atoms with E-state index in [2.05, 4.69) is 0 Å². The number of hydrogen-bond donors (Lipinski definition) is 1. The van der Waals surface area contributed by atoms with Gasteiger partial charge in [-0.25, -0.2) is 4.39 Å². The van der Waals surface area contributed by atoms with Crippen molar-refractivity contribution in [3.05, 3.63) is 29.1 Å². The molecule has 1 aromatic carbocycles. The van der Waals surface area contributed by atoms with Crippen molar-refractivity contribution in [3.8, 4) is 0 Å². The maximum absolute atomic E-state index is 13.6. The summed E-state index contributed by atoms with van der Waals surface area (Å²) < 4.78 is 19.3. The molecule has 0 radical (unpaired) electrons. The zero-order chi connectivity index (χ0) is 14.7. The van der Waals surface area contributed by atoms with Gasteiger partial charge in [0.1, 0.15) is 5.82 Å². The standard InChI is InChI=1S/C16H24FNO2/c1-11-8-16(14(12(2)19)9-15(11)17)18(3)6-7-20-10-13-4-5-13/h8-9,12-13,19H,4-7,10H2,1-3H3. The van der Waals surface area contributed by atoms with Crippen LogP contribution in [0.5, 0.6) is 0 Å². The number of anilines is 1. The molecule has 1 fully saturated rings. The fraction of sp³-hybridized carbons (Fsp3) is 0.625. The molecule has 1 aromatic rings. The van der Waals surface area contributed by atoms with Gasteiger partial charge >= 0.3 is 0 Å². The van der Waals surface area contributed by atoms with Gasteiger partial charge in [-0.05, 0) is 50.3 Å². The topological polar surface area (TPSA) is 32.7 Å². The molecule has 1 saturated carbocycles. The Hall–Kier alpha value is -1.13. The highest BCUT2D eigenvalue weighted by Crippen LogP contribution is 2.30. The average molecular weight is 281 g/mol. The molecule has 0 bridgehead atoms. The van der Waals surface area contributed by atoms with Crippen molar-refractivity contribution in [2.24, 2.45) is 5.92 Å². The summed E-state index contributed by atoms with van der Waals surface area (Å²) in [5.41, 5.74) is 2.09. The number of aliphatic hydroxyl groups excluding tert-OH is 1. The lowest BCUT2D eigenvalue weighted by Gasteiger charge is -2.24. The maximum atomic E-state index is 13.6. The third kappa shape index (κ3) is 3.93. The molecule has 1 unspecified atom stereocenters. The lowest BCUT2D eigenvalue weighted by molar-refractivity contribution is 0.130. The van der Waals surface area contributed by atoms with E-state index >= 15 is 0 Å². The molecule has 0 heterocycles. The van der Waals surface area contributed by atoms with E-state index in [1.807, 2.05) is 11.9 Å². The number of nitrogens with zero attached hydrogens (tertiary/aromatic N) is 1. The van der Waals surface area contributed by atoms with Crippen LogP contribution in [0.1, 0.15) is 37.0 Å². The second-order valence-corrected chi connectivity index (χ2v) is 5.78. The number of rotatable bonds is 7. The Labute approximate surface area is 120 Å². The molecule has 1 N–H and O–H groups in total. The number of ether oxygens (including phenoxy) is 1. The van der Waals surface area contributed by atoms with E-state index in [1.165, 1.54) is 18.9 Å². The fourth-order valence-electron chi connectivity index (χ4n) is 2.20. The number of aliphatic hydroxyl groups is 1. The first kappa shape index (κ1) is 15.3. The second kappa shape index (κ2) is 6.55. The van der Waals surface area contributed by atoms with Gasteiger partial charge in [0.15, 0.2) is 0 Å². The van der Waals surface area contributed by atoms with Gasteiger partial charge in [-0.15, -0.1) is 0 Å². The number of halogens is 1. The smallest absolute Gasteiger partial charge is 0.126 e. The predicted octanol–water partition coefficient (Wildman–Crippen LogP) is 3.05. The molecule has 0 saturated heterocycles. The van der Waals surface area contributed by atoms with Crippen molar-refractivity contribution in [2.45, 2.75) is 32.8 Å². The quantitative estimate of drug-likeness (QED) is 0.780. The van der Waals surface area contributed by atoms with Crippen LogP contribution in [0.4, 0.5) is 10.1 Å². The van der Waals surface area contributed by atoms with Crippen LogP contribution in [0.15, 0.2) is 12.1 Å². The Balaban J connectivity index is 1.99. The molecule has 4 heteroatoms. The summed E-state index contributed by atoms with van der Waals surface area (Å²) in [5, 5.41) is 9.80. The lowest BCUT2D eigenvalue weighted by atomic mass is 10.0. The van der Waals surface area contributed by atoms with Crippen LogP contribution in [0, 0.1) is 18.7 Å². The summed E-state index contributed by atoms with van der Waals surface area (Å²) in [6.07, 6.45) is 1.90. The number of aryl methyl sites for hydroxylation is 1. The predicted molar refractivity (Wildman–Crippen MR) is 78.6 cm³/mol. The highest BCUT2D eigenvalue weighted by Gasteiger charge is 2.21. The monoisotopic (exact) mass is 281 g/mol.